The van der Waals surface area contributed by atoms with Crippen LogP contribution >= 0.6 is 0 Å². The average molecular weight is 235 g/mol. The van der Waals surface area contributed by atoms with Crippen LogP contribution in [0.15, 0.2) is 12.1 Å². The third-order valence-corrected chi connectivity index (χ3v) is 2.07. The highest BCUT2D eigenvalue weighted by molar-refractivity contribution is 5.44. The fourth-order valence-corrected chi connectivity index (χ4v) is 1.32. The van der Waals surface area contributed by atoms with Crippen LogP contribution in [0.2, 0.25) is 0 Å². The summed E-state index contributed by atoms with van der Waals surface area (Å²) in [5.74, 6) is 0.705. The Morgan fingerprint density at radius 1 is 1.35 bits per heavy atom. The van der Waals surface area contributed by atoms with E-state index < -0.39 is 0 Å². The standard InChI is InChI=1S/C12H17N3O2/c1-10-7-11(9-13)8-12(15-10)14-3-4-17-6-5-16-2/h7-8H,3-6H2,1-2H3,(H,14,15). The monoisotopic (exact) mass is 235 g/mol. The maximum absolute atomic E-state index is 8.81. The summed E-state index contributed by atoms with van der Waals surface area (Å²) in [5.41, 5.74) is 1.44. The maximum Gasteiger partial charge on any atom is 0.127 e. The number of hydrogen-bond acceptors (Lipinski definition) is 5. The van der Waals surface area contributed by atoms with Gasteiger partial charge in [-0.1, -0.05) is 0 Å². The predicted octanol–water partition coefficient (Wildman–Crippen LogP) is 1.34. The zero-order valence-electron chi connectivity index (χ0n) is 10.2. The first-order valence-corrected chi connectivity index (χ1v) is 5.45. The summed E-state index contributed by atoms with van der Waals surface area (Å²) in [6.45, 7) is 4.29. The van der Waals surface area contributed by atoms with Crippen LogP contribution in [-0.4, -0.2) is 38.5 Å². The van der Waals surface area contributed by atoms with Gasteiger partial charge in [0.25, 0.3) is 0 Å². The quantitative estimate of drug-likeness (QED) is 0.722. The lowest BCUT2D eigenvalue weighted by Gasteiger charge is -2.07. The number of nitrogens with zero attached hydrogens (tertiary/aromatic N) is 2. The zero-order chi connectivity index (χ0) is 12.5. The van der Waals surface area contributed by atoms with E-state index in [4.69, 9.17) is 14.7 Å². The van der Waals surface area contributed by atoms with E-state index in [1.165, 1.54) is 0 Å². The molecule has 1 rings (SSSR count). The molecular weight excluding hydrogens is 218 g/mol. The lowest BCUT2D eigenvalue weighted by atomic mass is 10.2. The number of rotatable bonds is 7. The highest BCUT2D eigenvalue weighted by Crippen LogP contribution is 2.08. The van der Waals surface area contributed by atoms with Crippen molar-refractivity contribution in [3.8, 4) is 6.07 Å². The average Bonchev–Trinajstić information content (AvgIpc) is 2.33. The highest BCUT2D eigenvalue weighted by atomic mass is 16.5. The van der Waals surface area contributed by atoms with Crippen molar-refractivity contribution < 1.29 is 9.47 Å². The minimum absolute atomic E-state index is 0.584. The molecule has 0 bridgehead atoms. The van der Waals surface area contributed by atoms with Gasteiger partial charge in [0, 0.05) is 19.3 Å². The molecule has 0 aliphatic carbocycles. The van der Waals surface area contributed by atoms with Crippen molar-refractivity contribution in [2.24, 2.45) is 0 Å². The Kier molecular flexibility index (Phi) is 6.00. The minimum Gasteiger partial charge on any atom is -0.382 e. The first-order valence-electron chi connectivity index (χ1n) is 5.45. The summed E-state index contributed by atoms with van der Waals surface area (Å²) < 4.78 is 10.2. The molecule has 0 spiro atoms. The Morgan fingerprint density at radius 2 is 2.18 bits per heavy atom. The fraction of sp³-hybridized carbons (Fsp3) is 0.500. The van der Waals surface area contributed by atoms with E-state index in [1.54, 1.807) is 19.2 Å². The van der Waals surface area contributed by atoms with Crippen molar-refractivity contribution in [1.29, 1.82) is 5.26 Å². The van der Waals surface area contributed by atoms with E-state index >= 15 is 0 Å². The molecule has 0 unspecified atom stereocenters. The molecule has 0 radical (unpaired) electrons. The molecule has 0 amide bonds. The number of anilines is 1. The van der Waals surface area contributed by atoms with Gasteiger partial charge in [-0.05, 0) is 19.1 Å². The lowest BCUT2D eigenvalue weighted by molar-refractivity contribution is 0.0759. The van der Waals surface area contributed by atoms with Crippen LogP contribution in [0.5, 0.6) is 0 Å². The van der Waals surface area contributed by atoms with E-state index in [2.05, 4.69) is 16.4 Å². The first kappa shape index (κ1) is 13.4. The van der Waals surface area contributed by atoms with Gasteiger partial charge in [0.05, 0.1) is 31.5 Å². The van der Waals surface area contributed by atoms with Crippen LogP contribution in [0.3, 0.4) is 0 Å². The molecule has 92 valence electrons. The number of nitriles is 1. The van der Waals surface area contributed by atoms with E-state index in [1.807, 2.05) is 6.92 Å². The molecule has 0 aliphatic rings. The zero-order valence-corrected chi connectivity index (χ0v) is 10.2. The molecule has 1 aromatic heterocycles. The van der Waals surface area contributed by atoms with Gasteiger partial charge in [-0.3, -0.25) is 0 Å². The molecule has 1 N–H and O–H groups in total. The highest BCUT2D eigenvalue weighted by Gasteiger charge is 1.98. The Morgan fingerprint density at radius 3 is 2.88 bits per heavy atom. The van der Waals surface area contributed by atoms with Crippen molar-refractivity contribution in [1.82, 2.24) is 4.98 Å². The van der Waals surface area contributed by atoms with Gasteiger partial charge >= 0.3 is 0 Å². The molecule has 1 aromatic rings. The van der Waals surface area contributed by atoms with E-state index in [0.717, 1.165) is 5.69 Å². The molecule has 1 heterocycles. The predicted molar refractivity (Wildman–Crippen MR) is 64.9 cm³/mol. The third kappa shape index (κ3) is 5.29. The molecule has 5 nitrogen and oxygen atoms in total. The molecular formula is C12H17N3O2. The summed E-state index contributed by atoms with van der Waals surface area (Å²) >= 11 is 0. The van der Waals surface area contributed by atoms with Crippen LogP contribution in [-0.2, 0) is 9.47 Å². The van der Waals surface area contributed by atoms with E-state index in [0.29, 0.717) is 37.7 Å². The van der Waals surface area contributed by atoms with Crippen molar-refractivity contribution >= 4 is 5.82 Å². The van der Waals surface area contributed by atoms with E-state index in [9.17, 15) is 0 Å². The Balaban J connectivity index is 2.32. The smallest absolute Gasteiger partial charge is 0.127 e. The van der Waals surface area contributed by atoms with E-state index in [-0.39, 0.29) is 0 Å². The van der Waals surface area contributed by atoms with Gasteiger partial charge in [0.2, 0.25) is 0 Å². The minimum atomic E-state index is 0.584. The summed E-state index contributed by atoms with van der Waals surface area (Å²) in [6, 6.07) is 5.57. The molecule has 17 heavy (non-hydrogen) atoms. The molecule has 0 saturated carbocycles. The van der Waals surface area contributed by atoms with Gasteiger partial charge < -0.3 is 14.8 Å². The Labute approximate surface area is 101 Å². The SMILES string of the molecule is COCCOCCNc1cc(C#N)cc(C)n1. The first-order chi connectivity index (χ1) is 8.26. The van der Waals surface area contributed by atoms with Crippen molar-refractivity contribution in [2.45, 2.75) is 6.92 Å². The van der Waals surface area contributed by atoms with Crippen LogP contribution in [0.25, 0.3) is 0 Å². The second-order valence-electron chi connectivity index (χ2n) is 3.53. The summed E-state index contributed by atoms with van der Waals surface area (Å²) in [6.07, 6.45) is 0. The largest absolute Gasteiger partial charge is 0.382 e. The van der Waals surface area contributed by atoms with Crippen LogP contribution in [0.4, 0.5) is 5.82 Å². The lowest BCUT2D eigenvalue weighted by Crippen LogP contribution is -2.13. The van der Waals surface area contributed by atoms with Crippen molar-refractivity contribution in [3.63, 3.8) is 0 Å². The van der Waals surface area contributed by atoms with Crippen LogP contribution < -0.4 is 5.32 Å². The molecule has 0 aliphatic heterocycles. The second-order valence-corrected chi connectivity index (χ2v) is 3.53. The number of pyridine rings is 1. The molecule has 0 saturated heterocycles. The number of hydrogen-bond donors (Lipinski definition) is 1. The maximum atomic E-state index is 8.81. The number of ether oxygens (including phenoxy) is 2. The summed E-state index contributed by atoms with van der Waals surface area (Å²) in [4.78, 5) is 4.27. The van der Waals surface area contributed by atoms with Gasteiger partial charge in [-0.15, -0.1) is 0 Å². The van der Waals surface area contributed by atoms with Gasteiger partial charge in [0.15, 0.2) is 0 Å². The second kappa shape index (κ2) is 7.60. The van der Waals surface area contributed by atoms with Crippen molar-refractivity contribution in [2.75, 3.05) is 38.8 Å². The number of aromatic nitrogens is 1. The molecule has 0 fully saturated rings. The number of aryl methyl sites for hydroxylation is 1. The van der Waals surface area contributed by atoms with Gasteiger partial charge in [-0.25, -0.2) is 4.98 Å². The van der Waals surface area contributed by atoms with Crippen LogP contribution in [0.1, 0.15) is 11.3 Å². The fourth-order valence-electron chi connectivity index (χ4n) is 1.32. The van der Waals surface area contributed by atoms with Crippen molar-refractivity contribution in [3.05, 3.63) is 23.4 Å². The topological polar surface area (TPSA) is 67.2 Å². The number of nitrogens with one attached hydrogen (secondary N) is 1. The molecule has 0 aromatic carbocycles. The third-order valence-electron chi connectivity index (χ3n) is 2.07. The Hall–Kier alpha value is -1.64. The number of methoxy groups -OCH3 is 1. The van der Waals surface area contributed by atoms with Crippen LogP contribution in [0, 0.1) is 18.3 Å². The summed E-state index contributed by atoms with van der Waals surface area (Å²) in [7, 11) is 1.64. The molecule has 5 heteroatoms. The normalized spacial score (nSPS) is 9.94. The van der Waals surface area contributed by atoms with Gasteiger partial charge in [0.1, 0.15) is 5.82 Å². The summed E-state index contributed by atoms with van der Waals surface area (Å²) in [5, 5.41) is 11.9. The van der Waals surface area contributed by atoms with Gasteiger partial charge in [-0.2, -0.15) is 5.26 Å². The Bertz CT molecular complexity index is 388. The molecule has 0 atom stereocenters.